The van der Waals surface area contributed by atoms with Crippen molar-refractivity contribution in [1.29, 1.82) is 0 Å². The first kappa shape index (κ1) is 18.6. The first-order valence-electron chi connectivity index (χ1n) is 9.11. The molecule has 0 aliphatic rings. The van der Waals surface area contributed by atoms with Crippen molar-refractivity contribution < 1.29 is 14.2 Å². The number of aromatic nitrogens is 3. The molecule has 146 valence electrons. The summed E-state index contributed by atoms with van der Waals surface area (Å²) in [5, 5.41) is 0. The smallest absolute Gasteiger partial charge is 0.203 e. The van der Waals surface area contributed by atoms with Crippen LogP contribution in [0.3, 0.4) is 0 Å². The Kier molecular flexibility index (Phi) is 5.16. The van der Waals surface area contributed by atoms with E-state index in [4.69, 9.17) is 19.2 Å². The van der Waals surface area contributed by atoms with Gasteiger partial charge in [0.05, 0.1) is 32.7 Å². The molecule has 0 atom stereocenters. The average Bonchev–Trinajstić information content (AvgIpc) is 3.24. The van der Waals surface area contributed by atoms with Gasteiger partial charge < -0.3 is 19.2 Å². The highest BCUT2D eigenvalue weighted by Gasteiger charge is 2.20. The summed E-state index contributed by atoms with van der Waals surface area (Å²) in [4.78, 5) is 12.5. The van der Waals surface area contributed by atoms with Gasteiger partial charge >= 0.3 is 0 Å². The lowest BCUT2D eigenvalue weighted by Gasteiger charge is -2.14. The van der Waals surface area contributed by atoms with Crippen LogP contribution in [0.1, 0.15) is 0 Å². The van der Waals surface area contributed by atoms with E-state index < -0.39 is 0 Å². The molecular formula is C23H21N3O3. The van der Waals surface area contributed by atoms with Crippen molar-refractivity contribution in [3.63, 3.8) is 0 Å². The maximum atomic E-state index is 5.52. The maximum Gasteiger partial charge on any atom is 0.203 e. The number of ether oxygens (including phenoxy) is 3. The van der Waals surface area contributed by atoms with Crippen LogP contribution in [-0.4, -0.2) is 36.3 Å². The average molecular weight is 387 g/mol. The molecule has 0 bridgehead atoms. The molecule has 0 aliphatic heterocycles. The number of hydrogen-bond acceptors (Lipinski definition) is 5. The molecular weight excluding hydrogens is 366 g/mol. The molecule has 4 aromatic rings. The summed E-state index contributed by atoms with van der Waals surface area (Å²) in [6.07, 6.45) is 3.52. The quantitative estimate of drug-likeness (QED) is 0.513. The lowest BCUT2D eigenvalue weighted by atomic mass is 10.0. The summed E-state index contributed by atoms with van der Waals surface area (Å²) in [7, 11) is 4.79. The zero-order chi connectivity index (χ0) is 20.2. The van der Waals surface area contributed by atoms with Crippen LogP contribution in [0.2, 0.25) is 0 Å². The first-order valence-corrected chi connectivity index (χ1v) is 9.11. The van der Waals surface area contributed by atoms with Crippen LogP contribution in [0.4, 0.5) is 0 Å². The van der Waals surface area contributed by atoms with E-state index in [9.17, 15) is 0 Å². The summed E-state index contributed by atoms with van der Waals surface area (Å²) < 4.78 is 16.5. The predicted molar refractivity (Wildman–Crippen MR) is 112 cm³/mol. The number of pyridine rings is 1. The van der Waals surface area contributed by atoms with Crippen molar-refractivity contribution in [3.8, 4) is 51.2 Å². The normalized spacial score (nSPS) is 10.6. The molecule has 4 rings (SSSR count). The summed E-state index contributed by atoms with van der Waals surface area (Å²) in [6.45, 7) is 0. The number of imidazole rings is 1. The van der Waals surface area contributed by atoms with Crippen LogP contribution in [-0.2, 0) is 0 Å². The third kappa shape index (κ3) is 3.52. The second-order valence-corrected chi connectivity index (χ2v) is 6.32. The van der Waals surface area contributed by atoms with Gasteiger partial charge in [0.25, 0.3) is 0 Å². The fraction of sp³-hybridized carbons (Fsp3) is 0.130. The largest absolute Gasteiger partial charge is 0.493 e. The zero-order valence-corrected chi connectivity index (χ0v) is 16.5. The summed E-state index contributed by atoms with van der Waals surface area (Å²) in [6, 6.07) is 17.7. The van der Waals surface area contributed by atoms with Gasteiger partial charge in [0, 0.05) is 29.1 Å². The zero-order valence-electron chi connectivity index (χ0n) is 16.5. The number of nitrogens with one attached hydrogen (secondary N) is 1. The Bertz CT molecular complexity index is 1080. The van der Waals surface area contributed by atoms with Gasteiger partial charge in [0.1, 0.15) is 5.82 Å². The number of methoxy groups -OCH3 is 3. The van der Waals surface area contributed by atoms with Crippen molar-refractivity contribution in [2.75, 3.05) is 21.3 Å². The lowest BCUT2D eigenvalue weighted by Crippen LogP contribution is -1.96. The predicted octanol–water partition coefficient (Wildman–Crippen LogP) is 4.83. The minimum absolute atomic E-state index is 0.544. The Balaban J connectivity index is 1.94. The van der Waals surface area contributed by atoms with Crippen molar-refractivity contribution >= 4 is 0 Å². The highest BCUT2D eigenvalue weighted by Crippen LogP contribution is 2.43. The van der Waals surface area contributed by atoms with Crippen LogP contribution in [0, 0.1) is 0 Å². The molecule has 1 N–H and O–H groups in total. The molecule has 0 amide bonds. The molecule has 0 unspecified atom stereocenters. The van der Waals surface area contributed by atoms with Gasteiger partial charge in [-0.25, -0.2) is 4.98 Å². The van der Waals surface area contributed by atoms with Crippen molar-refractivity contribution in [2.45, 2.75) is 0 Å². The van der Waals surface area contributed by atoms with Crippen molar-refractivity contribution in [1.82, 2.24) is 15.0 Å². The van der Waals surface area contributed by atoms with Gasteiger partial charge in [0.2, 0.25) is 5.75 Å². The molecule has 0 spiro atoms. The lowest BCUT2D eigenvalue weighted by molar-refractivity contribution is 0.324. The van der Waals surface area contributed by atoms with Crippen LogP contribution in [0.5, 0.6) is 17.2 Å². The summed E-state index contributed by atoms with van der Waals surface area (Å²) in [5.41, 5.74) is 4.51. The highest BCUT2D eigenvalue weighted by atomic mass is 16.5. The molecule has 2 aromatic carbocycles. The molecule has 6 heteroatoms. The third-order valence-corrected chi connectivity index (χ3v) is 4.66. The van der Waals surface area contributed by atoms with Crippen molar-refractivity contribution in [2.24, 2.45) is 0 Å². The van der Waals surface area contributed by atoms with E-state index in [2.05, 4.69) is 9.97 Å². The number of nitrogens with zero attached hydrogens (tertiary/aromatic N) is 2. The molecule has 29 heavy (non-hydrogen) atoms. The van der Waals surface area contributed by atoms with E-state index in [0.717, 1.165) is 33.9 Å². The topological polar surface area (TPSA) is 69.3 Å². The van der Waals surface area contributed by atoms with Gasteiger partial charge in [-0.3, -0.25) is 4.98 Å². The van der Waals surface area contributed by atoms with Crippen LogP contribution < -0.4 is 14.2 Å². The van der Waals surface area contributed by atoms with Gasteiger partial charge in [-0.2, -0.15) is 0 Å². The minimum atomic E-state index is 0.544. The van der Waals surface area contributed by atoms with E-state index in [1.165, 1.54) is 0 Å². The standard InChI is InChI=1S/C23H21N3O3/c1-27-18-13-17(14-19(28-2)22(18)29-3)21-20(15-9-11-24-12-10-15)25-23(26-21)16-7-5-4-6-8-16/h4-14H,1-3H3,(H,25,26). The second kappa shape index (κ2) is 8.06. The van der Waals surface area contributed by atoms with Crippen LogP contribution in [0.15, 0.2) is 67.0 Å². The van der Waals surface area contributed by atoms with Gasteiger partial charge in [0.15, 0.2) is 11.5 Å². The number of rotatable bonds is 6. The van der Waals surface area contributed by atoms with E-state index in [-0.39, 0.29) is 0 Å². The fourth-order valence-electron chi connectivity index (χ4n) is 3.26. The van der Waals surface area contributed by atoms with Gasteiger partial charge in [-0.05, 0) is 24.3 Å². The SMILES string of the molecule is COc1cc(-c2nc(-c3ccccc3)[nH]c2-c2ccncc2)cc(OC)c1OC. The minimum Gasteiger partial charge on any atom is -0.493 e. The van der Waals surface area contributed by atoms with E-state index in [0.29, 0.717) is 17.2 Å². The molecule has 0 saturated heterocycles. The first-order chi connectivity index (χ1) is 14.2. The maximum absolute atomic E-state index is 5.52. The molecule has 2 heterocycles. The second-order valence-electron chi connectivity index (χ2n) is 6.32. The number of aromatic amines is 1. The third-order valence-electron chi connectivity index (χ3n) is 4.66. The van der Waals surface area contributed by atoms with Crippen LogP contribution in [0.25, 0.3) is 33.9 Å². The monoisotopic (exact) mass is 387 g/mol. The van der Waals surface area contributed by atoms with Gasteiger partial charge in [-0.1, -0.05) is 30.3 Å². The molecule has 0 saturated carbocycles. The summed E-state index contributed by atoms with van der Waals surface area (Å²) in [5.74, 6) is 2.47. The molecule has 6 nitrogen and oxygen atoms in total. The number of H-pyrrole nitrogens is 1. The Morgan fingerprint density at radius 2 is 1.38 bits per heavy atom. The fourth-order valence-corrected chi connectivity index (χ4v) is 3.26. The van der Waals surface area contributed by atoms with Crippen molar-refractivity contribution in [3.05, 3.63) is 67.0 Å². The molecule has 0 aliphatic carbocycles. The van der Waals surface area contributed by atoms with E-state index in [1.807, 2.05) is 54.6 Å². The van der Waals surface area contributed by atoms with E-state index >= 15 is 0 Å². The molecule has 2 aromatic heterocycles. The Morgan fingerprint density at radius 3 is 1.97 bits per heavy atom. The van der Waals surface area contributed by atoms with Gasteiger partial charge in [-0.15, -0.1) is 0 Å². The van der Waals surface area contributed by atoms with E-state index in [1.54, 1.807) is 33.7 Å². The Labute approximate surface area is 169 Å². The molecule has 0 fully saturated rings. The Morgan fingerprint density at radius 1 is 0.724 bits per heavy atom. The highest BCUT2D eigenvalue weighted by molar-refractivity contribution is 5.83. The summed E-state index contributed by atoms with van der Waals surface area (Å²) >= 11 is 0. The van der Waals surface area contributed by atoms with Crippen LogP contribution >= 0.6 is 0 Å². The number of hydrogen-bond donors (Lipinski definition) is 1. The Hall–Kier alpha value is -3.80. The molecule has 0 radical (unpaired) electrons. The number of benzene rings is 2.